The zero-order chi connectivity index (χ0) is 54.3. The number of ether oxygens (including phenoxy) is 3. The van der Waals surface area contributed by atoms with E-state index in [4.69, 9.17) is 14.2 Å². The number of hydrogen-bond acceptors (Lipinski definition) is 6. The van der Waals surface area contributed by atoms with Crippen molar-refractivity contribution in [3.05, 3.63) is 170 Å². The van der Waals surface area contributed by atoms with Gasteiger partial charge in [0.05, 0.1) is 6.42 Å². The molecule has 75 heavy (non-hydrogen) atoms. The van der Waals surface area contributed by atoms with Gasteiger partial charge >= 0.3 is 17.9 Å². The van der Waals surface area contributed by atoms with E-state index in [1.807, 2.05) is 6.08 Å². The standard InChI is InChI=1S/C69H106O6/c1-4-7-10-13-16-19-22-25-28-30-32-34-36-38-41-44-47-50-53-56-59-62-68(71)74-65-66(64-73-67(70)61-58-55-52-49-46-43-40-27-24-21-18-15-12-9-6-3)75-69(72)63-60-57-54-51-48-45-42-39-37-35-33-31-29-26-23-20-17-14-11-8-5-2/h7,9-10,12,16,18-19,21,23,25-28,31-34,37-41,46-47,49-50,55,58,66H,4-6,8,11,13-15,17,20,22,24,29-30,35-36,42-45,48,51-54,56-57,59-65H2,1-3H3/b10-7-,12-9-,19-16-,21-18-,26-23-,28-25-,33-31-,34-32-,39-37-,40-27-,41-38-,49-46-,50-47-,58-55-. The summed E-state index contributed by atoms with van der Waals surface area (Å²) in [6.07, 6.45) is 90.8. The first-order valence-electron chi connectivity index (χ1n) is 29.6. The Morgan fingerprint density at radius 2 is 0.573 bits per heavy atom. The van der Waals surface area contributed by atoms with Gasteiger partial charge in [0, 0.05) is 12.8 Å². The van der Waals surface area contributed by atoms with Crippen LogP contribution in [-0.4, -0.2) is 37.2 Å². The molecule has 0 fully saturated rings. The highest BCUT2D eigenvalue weighted by atomic mass is 16.6. The van der Waals surface area contributed by atoms with Crippen LogP contribution in [-0.2, 0) is 28.6 Å². The second kappa shape index (κ2) is 61.3. The Labute approximate surface area is 460 Å². The van der Waals surface area contributed by atoms with E-state index in [0.717, 1.165) is 128 Å². The molecule has 6 heteroatoms. The minimum Gasteiger partial charge on any atom is -0.462 e. The van der Waals surface area contributed by atoms with Gasteiger partial charge < -0.3 is 14.2 Å². The molecule has 0 aromatic rings. The first kappa shape index (κ1) is 69.8. The Morgan fingerprint density at radius 3 is 0.960 bits per heavy atom. The summed E-state index contributed by atoms with van der Waals surface area (Å²) in [5.41, 5.74) is 0. The number of rotatable bonds is 51. The Kier molecular flexibility index (Phi) is 57.0. The molecule has 0 rings (SSSR count). The van der Waals surface area contributed by atoms with Gasteiger partial charge in [-0.1, -0.05) is 242 Å². The van der Waals surface area contributed by atoms with Gasteiger partial charge in [-0.05, 0) is 135 Å². The molecule has 1 unspecified atom stereocenters. The first-order valence-corrected chi connectivity index (χ1v) is 29.6. The molecular formula is C69H106O6. The van der Waals surface area contributed by atoms with Crippen molar-refractivity contribution in [2.75, 3.05) is 13.2 Å². The van der Waals surface area contributed by atoms with Crippen molar-refractivity contribution in [1.29, 1.82) is 0 Å². The summed E-state index contributed by atoms with van der Waals surface area (Å²) in [4.78, 5) is 38.2. The van der Waals surface area contributed by atoms with Gasteiger partial charge in [-0.15, -0.1) is 0 Å². The van der Waals surface area contributed by atoms with Gasteiger partial charge in [-0.25, -0.2) is 0 Å². The SMILES string of the molecule is CC/C=C\C/C=C\C/C=C\C/C=C\C/C=C\C/C=C\CCCCC(=O)OCC(COC(=O)C/C=C\C/C=C\C/C=C\C/C=C\C/C=C\CC)OC(=O)CCCCCCCC/C=C\C/C=C\C/C=C\CCCCCCC. The van der Waals surface area contributed by atoms with Crippen LogP contribution in [0, 0.1) is 0 Å². The Bertz CT molecular complexity index is 1750. The van der Waals surface area contributed by atoms with Crippen molar-refractivity contribution >= 4 is 17.9 Å². The van der Waals surface area contributed by atoms with E-state index < -0.39 is 12.1 Å². The van der Waals surface area contributed by atoms with Crippen molar-refractivity contribution in [3.63, 3.8) is 0 Å². The zero-order valence-corrected chi connectivity index (χ0v) is 47.7. The van der Waals surface area contributed by atoms with Crippen LogP contribution in [0.4, 0.5) is 0 Å². The monoisotopic (exact) mass is 1030 g/mol. The fourth-order valence-corrected chi connectivity index (χ4v) is 7.35. The largest absolute Gasteiger partial charge is 0.462 e. The van der Waals surface area contributed by atoms with Crippen molar-refractivity contribution in [1.82, 2.24) is 0 Å². The molecule has 0 aliphatic rings. The Hall–Kier alpha value is -5.23. The fourth-order valence-electron chi connectivity index (χ4n) is 7.35. The lowest BCUT2D eigenvalue weighted by Crippen LogP contribution is -2.30. The maximum absolute atomic E-state index is 12.9. The lowest BCUT2D eigenvalue weighted by atomic mass is 10.1. The molecule has 0 amide bonds. The number of esters is 3. The van der Waals surface area contributed by atoms with Crippen molar-refractivity contribution in [3.8, 4) is 0 Å². The number of allylic oxidation sites excluding steroid dienone is 27. The van der Waals surface area contributed by atoms with Crippen LogP contribution in [0.3, 0.4) is 0 Å². The molecule has 0 radical (unpaired) electrons. The molecule has 0 aliphatic carbocycles. The Morgan fingerprint density at radius 1 is 0.293 bits per heavy atom. The van der Waals surface area contributed by atoms with E-state index >= 15 is 0 Å². The van der Waals surface area contributed by atoms with Crippen LogP contribution in [0.5, 0.6) is 0 Å². The van der Waals surface area contributed by atoms with Gasteiger partial charge in [0.15, 0.2) is 6.10 Å². The second-order valence-electron chi connectivity index (χ2n) is 18.8. The van der Waals surface area contributed by atoms with Crippen molar-refractivity contribution < 1.29 is 28.6 Å². The van der Waals surface area contributed by atoms with E-state index in [-0.39, 0.29) is 44.4 Å². The van der Waals surface area contributed by atoms with Gasteiger partial charge in [0.1, 0.15) is 13.2 Å². The van der Waals surface area contributed by atoms with E-state index in [9.17, 15) is 14.4 Å². The summed E-state index contributed by atoms with van der Waals surface area (Å²) in [6, 6.07) is 0. The maximum atomic E-state index is 12.9. The highest BCUT2D eigenvalue weighted by molar-refractivity contribution is 5.72. The van der Waals surface area contributed by atoms with Gasteiger partial charge in [0.25, 0.3) is 0 Å². The Balaban J connectivity index is 4.61. The van der Waals surface area contributed by atoms with Crippen molar-refractivity contribution in [2.24, 2.45) is 0 Å². The molecule has 0 aromatic carbocycles. The fraction of sp³-hybridized carbons (Fsp3) is 0.551. The quantitative estimate of drug-likeness (QED) is 0.0261. The lowest BCUT2D eigenvalue weighted by molar-refractivity contribution is -0.166. The summed E-state index contributed by atoms with van der Waals surface area (Å²) in [5, 5.41) is 0. The number of unbranched alkanes of at least 4 members (excludes halogenated alkanes) is 13. The van der Waals surface area contributed by atoms with Gasteiger partial charge in [-0.2, -0.15) is 0 Å². The van der Waals surface area contributed by atoms with Gasteiger partial charge in [0.2, 0.25) is 0 Å². The minimum absolute atomic E-state index is 0.107. The van der Waals surface area contributed by atoms with Crippen LogP contribution >= 0.6 is 0 Å². The van der Waals surface area contributed by atoms with Crippen molar-refractivity contribution in [2.45, 2.75) is 232 Å². The smallest absolute Gasteiger partial charge is 0.309 e. The number of hydrogen-bond donors (Lipinski definition) is 0. The normalized spacial score (nSPS) is 13.4. The first-order chi connectivity index (χ1) is 37.0. The van der Waals surface area contributed by atoms with Crippen LogP contribution < -0.4 is 0 Å². The third-order valence-electron chi connectivity index (χ3n) is 11.7. The topological polar surface area (TPSA) is 78.9 Å². The van der Waals surface area contributed by atoms with E-state index in [0.29, 0.717) is 6.42 Å². The molecule has 0 saturated carbocycles. The van der Waals surface area contributed by atoms with Crippen LogP contribution in [0.25, 0.3) is 0 Å². The molecule has 0 bridgehead atoms. The van der Waals surface area contributed by atoms with Crippen LogP contribution in [0.1, 0.15) is 226 Å². The molecule has 418 valence electrons. The van der Waals surface area contributed by atoms with Gasteiger partial charge in [-0.3, -0.25) is 14.4 Å². The zero-order valence-electron chi connectivity index (χ0n) is 47.7. The highest BCUT2D eigenvalue weighted by Gasteiger charge is 2.19. The third-order valence-corrected chi connectivity index (χ3v) is 11.7. The summed E-state index contributed by atoms with van der Waals surface area (Å²) in [6.45, 7) is 6.25. The summed E-state index contributed by atoms with van der Waals surface area (Å²) >= 11 is 0. The van der Waals surface area contributed by atoms with E-state index in [2.05, 4.69) is 179 Å². The lowest BCUT2D eigenvalue weighted by Gasteiger charge is -2.18. The predicted octanol–water partition coefficient (Wildman–Crippen LogP) is 20.3. The maximum Gasteiger partial charge on any atom is 0.309 e. The average Bonchev–Trinajstić information content (AvgIpc) is 3.41. The molecule has 0 N–H and O–H groups in total. The predicted molar refractivity (Wildman–Crippen MR) is 325 cm³/mol. The molecule has 6 nitrogen and oxygen atoms in total. The average molecular weight is 1030 g/mol. The molecule has 0 heterocycles. The number of carbonyl (C=O) groups excluding carboxylic acids is 3. The van der Waals surface area contributed by atoms with E-state index in [1.165, 1.54) is 51.4 Å². The molecule has 0 spiro atoms. The molecule has 0 aromatic heterocycles. The third kappa shape index (κ3) is 59.5. The summed E-state index contributed by atoms with van der Waals surface area (Å²) in [7, 11) is 0. The minimum atomic E-state index is -0.854. The molecule has 1 atom stereocenters. The molecular weight excluding hydrogens is 925 g/mol. The van der Waals surface area contributed by atoms with Crippen LogP contribution in [0.15, 0.2) is 170 Å². The molecule has 0 aliphatic heterocycles. The molecule has 0 saturated heterocycles. The summed E-state index contributed by atoms with van der Waals surface area (Å²) < 4.78 is 16.7. The van der Waals surface area contributed by atoms with E-state index in [1.54, 1.807) is 6.08 Å². The van der Waals surface area contributed by atoms with Crippen LogP contribution in [0.2, 0.25) is 0 Å². The number of carbonyl (C=O) groups is 3. The summed E-state index contributed by atoms with van der Waals surface area (Å²) in [5.74, 6) is -1.14. The second-order valence-corrected chi connectivity index (χ2v) is 18.8. The highest BCUT2D eigenvalue weighted by Crippen LogP contribution is 2.12.